The van der Waals surface area contributed by atoms with E-state index in [0.717, 1.165) is 34.0 Å². The van der Waals surface area contributed by atoms with Crippen LogP contribution in [0.25, 0.3) is 11.8 Å². The van der Waals surface area contributed by atoms with Crippen LogP contribution in [0.3, 0.4) is 0 Å². The molecule has 0 radical (unpaired) electrons. The van der Waals surface area contributed by atoms with E-state index in [9.17, 15) is 10.1 Å². The molecule has 5 nitrogen and oxygen atoms in total. The van der Waals surface area contributed by atoms with Crippen LogP contribution in [0.1, 0.15) is 22.5 Å². The van der Waals surface area contributed by atoms with Crippen molar-refractivity contribution in [3.63, 3.8) is 0 Å². The number of aryl methyl sites for hydroxylation is 3. The van der Waals surface area contributed by atoms with E-state index in [-0.39, 0.29) is 5.57 Å². The number of nitriles is 1. The largest absolute Gasteiger partial charge is 0.497 e. The van der Waals surface area contributed by atoms with Crippen molar-refractivity contribution in [2.24, 2.45) is 0 Å². The summed E-state index contributed by atoms with van der Waals surface area (Å²) < 4.78 is 7.20. The van der Waals surface area contributed by atoms with Gasteiger partial charge in [0.15, 0.2) is 0 Å². The summed E-state index contributed by atoms with van der Waals surface area (Å²) in [7, 11) is 1.62. The number of amides is 1. The van der Waals surface area contributed by atoms with E-state index in [1.54, 1.807) is 13.2 Å². The minimum atomic E-state index is -0.433. The highest BCUT2D eigenvalue weighted by Crippen LogP contribution is 2.22. The van der Waals surface area contributed by atoms with Crippen LogP contribution in [0.15, 0.2) is 60.2 Å². The molecular weight excluding hydrogens is 362 g/mol. The van der Waals surface area contributed by atoms with Crippen molar-refractivity contribution in [1.29, 1.82) is 5.26 Å². The summed E-state index contributed by atoms with van der Waals surface area (Å²) in [6.07, 6.45) is 1.61. The molecule has 0 atom stereocenters. The van der Waals surface area contributed by atoms with E-state index in [1.165, 1.54) is 0 Å². The second kappa shape index (κ2) is 8.49. The monoisotopic (exact) mass is 385 g/mol. The maximum Gasteiger partial charge on any atom is 0.266 e. The predicted molar refractivity (Wildman–Crippen MR) is 115 cm³/mol. The van der Waals surface area contributed by atoms with Crippen LogP contribution >= 0.6 is 0 Å². The van der Waals surface area contributed by atoms with Crippen LogP contribution in [0.4, 0.5) is 5.69 Å². The van der Waals surface area contributed by atoms with Crippen molar-refractivity contribution in [3.05, 3.63) is 82.7 Å². The Hall–Kier alpha value is -3.78. The van der Waals surface area contributed by atoms with Gasteiger partial charge in [-0.25, -0.2) is 0 Å². The lowest BCUT2D eigenvalue weighted by Gasteiger charge is -2.11. The van der Waals surface area contributed by atoms with Gasteiger partial charge in [0.25, 0.3) is 5.91 Å². The quantitative estimate of drug-likeness (QED) is 0.499. The number of nitrogens with zero attached hydrogens (tertiary/aromatic N) is 2. The molecular formula is C24H23N3O2. The van der Waals surface area contributed by atoms with E-state index in [2.05, 4.69) is 5.32 Å². The summed E-state index contributed by atoms with van der Waals surface area (Å²) in [5, 5.41) is 12.4. The third-order valence-corrected chi connectivity index (χ3v) is 4.57. The van der Waals surface area contributed by atoms with Gasteiger partial charge in [-0.1, -0.05) is 6.07 Å². The molecule has 0 aliphatic rings. The molecule has 0 aliphatic carbocycles. The van der Waals surface area contributed by atoms with Gasteiger partial charge >= 0.3 is 0 Å². The van der Waals surface area contributed by atoms with Crippen molar-refractivity contribution in [2.75, 3.05) is 12.4 Å². The van der Waals surface area contributed by atoms with Crippen molar-refractivity contribution >= 4 is 17.7 Å². The Balaban J connectivity index is 1.93. The summed E-state index contributed by atoms with van der Waals surface area (Å²) in [6, 6.07) is 19.3. The second-order valence-corrected chi connectivity index (χ2v) is 6.93. The zero-order chi connectivity index (χ0) is 21.0. The highest BCUT2D eigenvalue weighted by Gasteiger charge is 2.13. The Kier molecular flexibility index (Phi) is 5.85. The molecule has 5 heteroatoms. The average Bonchev–Trinajstić information content (AvgIpc) is 3.05. The van der Waals surface area contributed by atoms with Gasteiger partial charge in [0, 0.05) is 22.8 Å². The number of hydrogen-bond acceptors (Lipinski definition) is 3. The first-order valence-corrected chi connectivity index (χ1v) is 9.25. The Bertz CT molecular complexity index is 1100. The molecule has 3 rings (SSSR count). The molecule has 0 aliphatic heterocycles. The van der Waals surface area contributed by atoms with Gasteiger partial charge in [0.2, 0.25) is 0 Å². The number of anilines is 1. The van der Waals surface area contributed by atoms with Crippen molar-refractivity contribution in [2.45, 2.75) is 20.8 Å². The van der Waals surface area contributed by atoms with Gasteiger partial charge in [0.1, 0.15) is 17.4 Å². The van der Waals surface area contributed by atoms with Crippen LogP contribution in [0.5, 0.6) is 5.75 Å². The fourth-order valence-corrected chi connectivity index (χ4v) is 3.30. The van der Waals surface area contributed by atoms with E-state index in [0.29, 0.717) is 5.69 Å². The van der Waals surface area contributed by atoms with Crippen LogP contribution in [0, 0.1) is 32.1 Å². The lowest BCUT2D eigenvalue weighted by Crippen LogP contribution is -2.14. The molecule has 0 fully saturated rings. The lowest BCUT2D eigenvalue weighted by atomic mass is 10.1. The lowest BCUT2D eigenvalue weighted by molar-refractivity contribution is -0.112. The maximum atomic E-state index is 12.7. The molecule has 0 saturated carbocycles. The number of rotatable bonds is 5. The average molecular weight is 385 g/mol. The summed E-state index contributed by atoms with van der Waals surface area (Å²) in [6.45, 7) is 5.91. The zero-order valence-electron chi connectivity index (χ0n) is 17.0. The summed E-state index contributed by atoms with van der Waals surface area (Å²) in [5.41, 5.74) is 5.48. The minimum absolute atomic E-state index is 0.0389. The summed E-state index contributed by atoms with van der Waals surface area (Å²) in [4.78, 5) is 12.7. The Morgan fingerprint density at radius 3 is 2.28 bits per heavy atom. The number of methoxy groups -OCH3 is 1. The highest BCUT2D eigenvalue weighted by molar-refractivity contribution is 6.09. The molecule has 1 amide bonds. The number of ether oxygens (including phenoxy) is 1. The first-order chi connectivity index (χ1) is 13.9. The first kappa shape index (κ1) is 20.0. The summed E-state index contributed by atoms with van der Waals surface area (Å²) >= 11 is 0. The number of carbonyl (C=O) groups excluding carboxylic acids is 1. The summed E-state index contributed by atoms with van der Waals surface area (Å²) in [5.74, 6) is 0.332. The molecule has 0 saturated heterocycles. The fraction of sp³-hybridized carbons (Fsp3) is 0.167. The molecule has 0 spiro atoms. The number of nitrogens with one attached hydrogen (secondary N) is 1. The molecule has 0 bridgehead atoms. The normalized spacial score (nSPS) is 11.1. The van der Waals surface area contributed by atoms with Gasteiger partial charge in [-0.3, -0.25) is 4.79 Å². The molecule has 1 N–H and O–H groups in total. The van der Waals surface area contributed by atoms with E-state index in [1.807, 2.05) is 86.0 Å². The highest BCUT2D eigenvalue weighted by atomic mass is 16.5. The van der Waals surface area contributed by atoms with Crippen LogP contribution in [-0.4, -0.2) is 17.6 Å². The smallest absolute Gasteiger partial charge is 0.266 e. The molecule has 146 valence electrons. The topological polar surface area (TPSA) is 67.0 Å². The van der Waals surface area contributed by atoms with E-state index < -0.39 is 5.91 Å². The van der Waals surface area contributed by atoms with Crippen LogP contribution in [0.2, 0.25) is 0 Å². The predicted octanol–water partition coefficient (Wildman–Crippen LogP) is 4.96. The molecule has 1 heterocycles. The molecule has 3 aromatic rings. The van der Waals surface area contributed by atoms with E-state index >= 15 is 0 Å². The van der Waals surface area contributed by atoms with Crippen LogP contribution in [-0.2, 0) is 4.79 Å². The number of aromatic nitrogens is 1. The maximum absolute atomic E-state index is 12.7. The van der Waals surface area contributed by atoms with E-state index in [4.69, 9.17) is 4.74 Å². The van der Waals surface area contributed by atoms with Gasteiger partial charge < -0.3 is 14.6 Å². The van der Waals surface area contributed by atoms with Crippen molar-refractivity contribution in [3.8, 4) is 17.5 Å². The van der Waals surface area contributed by atoms with Gasteiger partial charge in [-0.15, -0.1) is 0 Å². The minimum Gasteiger partial charge on any atom is -0.497 e. The van der Waals surface area contributed by atoms with Gasteiger partial charge in [-0.05, 0) is 86.5 Å². The molecule has 1 aromatic heterocycles. The van der Waals surface area contributed by atoms with Gasteiger partial charge in [-0.2, -0.15) is 5.26 Å². The van der Waals surface area contributed by atoms with Gasteiger partial charge in [0.05, 0.1) is 7.11 Å². The number of benzene rings is 2. The molecule has 29 heavy (non-hydrogen) atoms. The van der Waals surface area contributed by atoms with Crippen molar-refractivity contribution < 1.29 is 9.53 Å². The SMILES string of the molecule is COc1ccc(-n2c(C)ccc2/C=C(/C#N)C(=O)Nc2cc(C)cc(C)c2)cc1. The Morgan fingerprint density at radius 1 is 1.03 bits per heavy atom. The second-order valence-electron chi connectivity index (χ2n) is 6.93. The number of hydrogen-bond donors (Lipinski definition) is 1. The third kappa shape index (κ3) is 4.56. The zero-order valence-corrected chi connectivity index (χ0v) is 17.0. The number of carbonyl (C=O) groups is 1. The standard InChI is InChI=1S/C24H23N3O2/c1-16-11-17(2)13-20(12-16)26-24(28)19(15-25)14-22-6-5-18(3)27(22)21-7-9-23(29-4)10-8-21/h5-14H,1-4H3,(H,26,28)/b19-14-. The first-order valence-electron chi connectivity index (χ1n) is 9.25. The molecule has 0 unspecified atom stereocenters. The van der Waals surface area contributed by atoms with Crippen molar-refractivity contribution in [1.82, 2.24) is 4.57 Å². The molecule has 2 aromatic carbocycles. The fourth-order valence-electron chi connectivity index (χ4n) is 3.30. The van der Waals surface area contributed by atoms with Crippen LogP contribution < -0.4 is 10.1 Å². The third-order valence-electron chi connectivity index (χ3n) is 4.57. The Morgan fingerprint density at radius 2 is 1.69 bits per heavy atom. The Labute approximate surface area is 170 Å².